The highest BCUT2D eigenvalue weighted by atomic mass is 16.3. The molecule has 25 heavy (non-hydrogen) atoms. The first-order valence-electron chi connectivity index (χ1n) is 9.99. The van der Waals surface area contributed by atoms with Crippen molar-refractivity contribution in [2.45, 2.75) is 51.7 Å². The second-order valence-corrected chi connectivity index (χ2v) is 8.05. The molecule has 2 fully saturated rings. The SMILES string of the molecule is CC(C)N1CCC(CN2CCN(Cc3ccco3)[C@@H](CCO)C2)CC1. The van der Waals surface area contributed by atoms with Gasteiger partial charge in [-0.15, -0.1) is 0 Å². The molecule has 0 radical (unpaired) electrons. The van der Waals surface area contributed by atoms with Crippen LogP contribution in [0.1, 0.15) is 38.9 Å². The lowest BCUT2D eigenvalue weighted by Gasteiger charge is -2.43. The van der Waals surface area contributed by atoms with Crippen LogP contribution >= 0.6 is 0 Å². The number of piperidine rings is 1. The summed E-state index contributed by atoms with van der Waals surface area (Å²) in [5.41, 5.74) is 0. The van der Waals surface area contributed by atoms with Crippen molar-refractivity contribution in [3.8, 4) is 0 Å². The van der Waals surface area contributed by atoms with Gasteiger partial charge in [0, 0.05) is 44.9 Å². The lowest BCUT2D eigenvalue weighted by Crippen LogP contribution is -2.54. The quantitative estimate of drug-likeness (QED) is 0.818. The third-order valence-corrected chi connectivity index (χ3v) is 5.99. The van der Waals surface area contributed by atoms with Crippen LogP contribution in [0.2, 0.25) is 0 Å². The van der Waals surface area contributed by atoms with Gasteiger partial charge in [-0.1, -0.05) is 0 Å². The Balaban J connectivity index is 1.48. The highest BCUT2D eigenvalue weighted by Gasteiger charge is 2.29. The highest BCUT2D eigenvalue weighted by molar-refractivity contribution is 4.99. The van der Waals surface area contributed by atoms with Gasteiger partial charge in [0.15, 0.2) is 0 Å². The van der Waals surface area contributed by atoms with Gasteiger partial charge in [0.1, 0.15) is 5.76 Å². The number of likely N-dealkylation sites (tertiary alicyclic amines) is 1. The van der Waals surface area contributed by atoms with Crippen LogP contribution in [-0.4, -0.2) is 77.8 Å². The van der Waals surface area contributed by atoms with E-state index in [1.807, 2.05) is 12.1 Å². The Morgan fingerprint density at radius 1 is 1.20 bits per heavy atom. The van der Waals surface area contributed by atoms with Crippen molar-refractivity contribution >= 4 is 0 Å². The first-order valence-corrected chi connectivity index (χ1v) is 9.99. The van der Waals surface area contributed by atoms with E-state index in [9.17, 15) is 5.11 Å². The van der Waals surface area contributed by atoms with Gasteiger partial charge in [0.2, 0.25) is 0 Å². The first kappa shape index (κ1) is 18.9. The molecule has 142 valence electrons. The minimum atomic E-state index is 0.264. The van der Waals surface area contributed by atoms with Crippen molar-refractivity contribution in [2.24, 2.45) is 5.92 Å². The van der Waals surface area contributed by atoms with Gasteiger partial charge in [-0.05, 0) is 64.3 Å². The Bertz CT molecular complexity index is 483. The van der Waals surface area contributed by atoms with Crippen LogP contribution in [0.15, 0.2) is 22.8 Å². The maximum Gasteiger partial charge on any atom is 0.117 e. The number of hydrogen-bond acceptors (Lipinski definition) is 5. The molecule has 3 rings (SSSR count). The van der Waals surface area contributed by atoms with Crippen LogP contribution < -0.4 is 0 Å². The molecule has 0 saturated carbocycles. The molecule has 1 atom stereocenters. The summed E-state index contributed by atoms with van der Waals surface area (Å²) in [5, 5.41) is 9.48. The Labute approximate surface area is 152 Å². The van der Waals surface area contributed by atoms with Gasteiger partial charge in [0.25, 0.3) is 0 Å². The fraction of sp³-hybridized carbons (Fsp3) is 0.800. The predicted octanol–water partition coefficient (Wildman–Crippen LogP) is 2.27. The van der Waals surface area contributed by atoms with Crippen LogP contribution in [0.5, 0.6) is 0 Å². The van der Waals surface area contributed by atoms with Crippen molar-refractivity contribution < 1.29 is 9.52 Å². The third-order valence-electron chi connectivity index (χ3n) is 5.99. The van der Waals surface area contributed by atoms with Crippen LogP contribution in [-0.2, 0) is 6.54 Å². The third kappa shape index (κ3) is 5.30. The minimum absolute atomic E-state index is 0.264. The molecule has 0 aromatic carbocycles. The smallest absolute Gasteiger partial charge is 0.117 e. The monoisotopic (exact) mass is 349 g/mol. The zero-order valence-corrected chi connectivity index (χ0v) is 15.9. The Hall–Kier alpha value is -0.880. The molecular formula is C20H35N3O2. The van der Waals surface area contributed by atoms with Gasteiger partial charge in [0.05, 0.1) is 12.8 Å². The van der Waals surface area contributed by atoms with E-state index in [1.54, 1.807) is 6.26 Å². The average Bonchev–Trinajstić information content (AvgIpc) is 3.11. The van der Waals surface area contributed by atoms with Crippen LogP contribution in [0.4, 0.5) is 0 Å². The van der Waals surface area contributed by atoms with E-state index in [0.29, 0.717) is 12.1 Å². The molecular weight excluding hydrogens is 314 g/mol. The summed E-state index contributed by atoms with van der Waals surface area (Å²) in [6, 6.07) is 5.11. The lowest BCUT2D eigenvalue weighted by molar-refractivity contribution is 0.0332. The van der Waals surface area contributed by atoms with Crippen LogP contribution in [0.25, 0.3) is 0 Å². The molecule has 0 amide bonds. The lowest BCUT2D eigenvalue weighted by atomic mass is 9.94. The summed E-state index contributed by atoms with van der Waals surface area (Å²) in [6.45, 7) is 12.7. The average molecular weight is 350 g/mol. The topological polar surface area (TPSA) is 43.1 Å². The normalized spacial score (nSPS) is 25.0. The van der Waals surface area contributed by atoms with Gasteiger partial charge in [-0.25, -0.2) is 0 Å². The van der Waals surface area contributed by atoms with Gasteiger partial charge < -0.3 is 19.3 Å². The van der Waals surface area contributed by atoms with E-state index in [0.717, 1.165) is 44.3 Å². The summed E-state index contributed by atoms with van der Waals surface area (Å²) in [6.07, 6.45) is 5.25. The second kappa shape index (κ2) is 9.17. The number of hydrogen-bond donors (Lipinski definition) is 1. The first-order chi connectivity index (χ1) is 12.2. The number of aliphatic hydroxyl groups excluding tert-OH is 1. The van der Waals surface area contributed by atoms with Gasteiger partial charge in [-0.3, -0.25) is 4.90 Å². The summed E-state index contributed by atoms with van der Waals surface area (Å²) in [5.74, 6) is 1.86. The predicted molar refractivity (Wildman–Crippen MR) is 100 cm³/mol. The van der Waals surface area contributed by atoms with Gasteiger partial charge in [-0.2, -0.15) is 0 Å². The summed E-state index contributed by atoms with van der Waals surface area (Å²) in [7, 11) is 0. The maximum atomic E-state index is 9.48. The van der Waals surface area contributed by atoms with Crippen LogP contribution in [0.3, 0.4) is 0 Å². The Morgan fingerprint density at radius 2 is 2.00 bits per heavy atom. The van der Waals surface area contributed by atoms with Crippen molar-refractivity contribution in [2.75, 3.05) is 45.9 Å². The zero-order chi connectivity index (χ0) is 17.6. The number of nitrogens with zero attached hydrogens (tertiary/aromatic N) is 3. The minimum Gasteiger partial charge on any atom is -0.468 e. The van der Waals surface area contributed by atoms with E-state index in [-0.39, 0.29) is 6.61 Å². The van der Waals surface area contributed by atoms with E-state index < -0.39 is 0 Å². The van der Waals surface area contributed by atoms with Gasteiger partial charge >= 0.3 is 0 Å². The summed E-state index contributed by atoms with van der Waals surface area (Å²) >= 11 is 0. The standard InChI is InChI=1S/C20H35N3O2/c1-17(2)22-8-5-18(6-9-22)14-21-10-11-23(19(15-21)7-12-24)16-20-4-3-13-25-20/h3-4,13,17-19,24H,5-12,14-16H2,1-2H3/t19-/m0/s1. The van der Waals surface area contributed by atoms with Crippen LogP contribution in [0, 0.1) is 5.92 Å². The fourth-order valence-electron chi connectivity index (χ4n) is 4.37. The number of rotatable bonds is 7. The molecule has 2 aliphatic heterocycles. The molecule has 0 aliphatic carbocycles. The highest BCUT2D eigenvalue weighted by Crippen LogP contribution is 2.23. The van der Waals surface area contributed by atoms with Crippen molar-refractivity contribution in [3.05, 3.63) is 24.2 Å². The van der Waals surface area contributed by atoms with E-state index in [1.165, 1.54) is 32.5 Å². The zero-order valence-electron chi connectivity index (χ0n) is 15.9. The molecule has 1 N–H and O–H groups in total. The molecule has 1 aromatic heterocycles. The molecule has 0 unspecified atom stereocenters. The largest absolute Gasteiger partial charge is 0.468 e. The molecule has 3 heterocycles. The number of furan rings is 1. The summed E-state index contributed by atoms with van der Waals surface area (Å²) in [4.78, 5) is 7.72. The fourth-order valence-corrected chi connectivity index (χ4v) is 4.37. The molecule has 0 spiro atoms. The second-order valence-electron chi connectivity index (χ2n) is 8.05. The molecule has 5 nitrogen and oxygen atoms in total. The molecule has 1 aromatic rings. The molecule has 0 bridgehead atoms. The van der Waals surface area contributed by atoms with Crippen molar-refractivity contribution in [1.82, 2.24) is 14.7 Å². The number of piperazine rings is 1. The Kier molecular flexibility index (Phi) is 6.93. The van der Waals surface area contributed by atoms with Crippen molar-refractivity contribution in [1.29, 1.82) is 0 Å². The van der Waals surface area contributed by atoms with E-state index in [2.05, 4.69) is 28.5 Å². The van der Waals surface area contributed by atoms with E-state index in [4.69, 9.17) is 4.42 Å². The van der Waals surface area contributed by atoms with Crippen molar-refractivity contribution in [3.63, 3.8) is 0 Å². The maximum absolute atomic E-state index is 9.48. The van der Waals surface area contributed by atoms with E-state index >= 15 is 0 Å². The molecule has 5 heteroatoms. The summed E-state index contributed by atoms with van der Waals surface area (Å²) < 4.78 is 5.52. The molecule has 2 aliphatic rings. The number of aliphatic hydroxyl groups is 1. The Morgan fingerprint density at radius 3 is 2.64 bits per heavy atom. The molecule has 2 saturated heterocycles.